The second-order valence-electron chi connectivity index (χ2n) is 15.8. The number of esters is 1. The number of hydrogen-bond acceptors (Lipinski definition) is 10. The maximum Gasteiger partial charge on any atom is 0.340 e. The van der Waals surface area contributed by atoms with Crippen molar-refractivity contribution in [3.63, 3.8) is 0 Å². The maximum absolute atomic E-state index is 14.7. The van der Waals surface area contributed by atoms with Gasteiger partial charge in [0, 0.05) is 5.56 Å². The van der Waals surface area contributed by atoms with Crippen molar-refractivity contribution in [1.29, 1.82) is 0 Å². The third-order valence-corrected chi connectivity index (χ3v) is 11.1. The van der Waals surface area contributed by atoms with Gasteiger partial charge in [-0.25, -0.2) is 4.79 Å². The van der Waals surface area contributed by atoms with Crippen molar-refractivity contribution < 1.29 is 47.4 Å². The summed E-state index contributed by atoms with van der Waals surface area (Å²) >= 11 is 0. The van der Waals surface area contributed by atoms with Crippen molar-refractivity contribution >= 4 is 5.97 Å². The van der Waals surface area contributed by atoms with Crippen LogP contribution in [0, 0.1) is 0 Å². The first-order valence-electron chi connectivity index (χ1n) is 21.8. The van der Waals surface area contributed by atoms with E-state index in [-0.39, 0.29) is 45.2 Å². The fraction of sp³-hybridized carbons (Fsp3) is 0.218. The Morgan fingerprint density at radius 3 is 1.37 bits per heavy atom. The smallest absolute Gasteiger partial charge is 0.340 e. The number of carbonyl (C=O) groups excluding carboxylic acids is 1. The van der Waals surface area contributed by atoms with E-state index in [1.54, 1.807) is 12.1 Å². The Kier molecular flexibility index (Phi) is 14.5. The SMILES string of the molecule is O=C(OC1OC2COC(c3ccccc3)OC2C(OCc2ccccc2)C1OCc1ccccc1)c1cc(OCc2ccccc2)c(OCc2ccccc2)c(OCc2ccccc2)c1. The standard InChI is InChI=1S/C55H50O10/c56-53(45-31-46(57-33-39-19-7-1-8-20-39)49(59-35-41-23-11-3-12-24-41)47(32-45)58-34-40-21-9-2-10-22-40)65-55-52(61-37-43-27-15-5-16-28-43)51(60-36-42-25-13-4-14-26-42)50-48(63-55)38-62-54(64-50)44-29-17-6-18-30-44/h1-32,48,50-52,54-55H,33-38H2. The Morgan fingerprint density at radius 1 is 0.477 bits per heavy atom. The van der Waals surface area contributed by atoms with Gasteiger partial charge >= 0.3 is 5.97 Å². The predicted molar refractivity (Wildman–Crippen MR) is 243 cm³/mol. The first kappa shape index (κ1) is 43.5. The number of fused-ring (bicyclic) bond motifs is 1. The van der Waals surface area contributed by atoms with E-state index in [2.05, 4.69) is 0 Å². The van der Waals surface area contributed by atoms with Crippen LogP contribution in [0.4, 0.5) is 0 Å². The van der Waals surface area contributed by atoms with Crippen molar-refractivity contribution in [1.82, 2.24) is 0 Å². The molecule has 0 aliphatic carbocycles. The average Bonchev–Trinajstić information content (AvgIpc) is 3.37. The first-order chi connectivity index (χ1) is 32.1. The highest BCUT2D eigenvalue weighted by Gasteiger charge is 2.53. The molecule has 0 amide bonds. The average molecular weight is 871 g/mol. The summed E-state index contributed by atoms with van der Waals surface area (Å²) in [6.07, 6.45) is -4.93. The Labute approximate surface area is 379 Å². The van der Waals surface area contributed by atoms with Gasteiger partial charge in [0.1, 0.15) is 44.2 Å². The Balaban J connectivity index is 1.05. The fourth-order valence-corrected chi connectivity index (χ4v) is 7.75. The molecule has 0 saturated carbocycles. The number of ether oxygens (including phenoxy) is 9. The zero-order valence-corrected chi connectivity index (χ0v) is 35.8. The van der Waals surface area contributed by atoms with Gasteiger partial charge in [-0.3, -0.25) is 0 Å². The molecule has 9 rings (SSSR count). The zero-order valence-electron chi connectivity index (χ0n) is 35.8. The molecule has 0 N–H and O–H groups in total. The molecule has 0 bridgehead atoms. The topological polar surface area (TPSA) is 100 Å². The van der Waals surface area contributed by atoms with Gasteiger partial charge in [0.25, 0.3) is 0 Å². The summed E-state index contributed by atoms with van der Waals surface area (Å²) in [6, 6.07) is 62.0. The molecule has 330 valence electrons. The summed E-state index contributed by atoms with van der Waals surface area (Å²) in [5.41, 5.74) is 5.69. The summed E-state index contributed by atoms with van der Waals surface area (Å²) in [5.74, 6) is 0.242. The molecule has 0 radical (unpaired) electrons. The van der Waals surface area contributed by atoms with Crippen LogP contribution in [0.2, 0.25) is 0 Å². The molecule has 65 heavy (non-hydrogen) atoms. The van der Waals surface area contributed by atoms with Crippen molar-refractivity contribution in [2.24, 2.45) is 0 Å². The summed E-state index contributed by atoms with van der Waals surface area (Å²) in [7, 11) is 0. The number of benzene rings is 7. The fourth-order valence-electron chi connectivity index (χ4n) is 7.75. The summed E-state index contributed by atoms with van der Waals surface area (Å²) < 4.78 is 58.9. The number of carbonyl (C=O) groups is 1. The molecule has 10 heteroatoms. The molecule has 6 unspecified atom stereocenters. The predicted octanol–water partition coefficient (Wildman–Crippen LogP) is 10.6. The molecule has 7 aromatic carbocycles. The zero-order chi connectivity index (χ0) is 44.0. The summed E-state index contributed by atoms with van der Waals surface area (Å²) in [4.78, 5) is 14.7. The van der Waals surface area contributed by atoms with Gasteiger partial charge in [-0.2, -0.15) is 0 Å². The van der Waals surface area contributed by atoms with Crippen LogP contribution in [0.5, 0.6) is 17.2 Å². The van der Waals surface area contributed by atoms with E-state index in [9.17, 15) is 4.79 Å². The van der Waals surface area contributed by atoms with Gasteiger partial charge in [0.2, 0.25) is 12.0 Å². The molecule has 2 aliphatic heterocycles. The van der Waals surface area contributed by atoms with E-state index in [0.717, 1.165) is 33.4 Å². The third-order valence-electron chi connectivity index (χ3n) is 11.1. The monoisotopic (exact) mass is 870 g/mol. The van der Waals surface area contributed by atoms with E-state index >= 15 is 0 Å². The van der Waals surface area contributed by atoms with Gasteiger partial charge < -0.3 is 42.6 Å². The number of hydrogen-bond donors (Lipinski definition) is 0. The van der Waals surface area contributed by atoms with Gasteiger partial charge in [-0.15, -0.1) is 0 Å². The molecular formula is C55H50O10. The lowest BCUT2D eigenvalue weighted by atomic mass is 9.97. The lowest BCUT2D eigenvalue weighted by Crippen LogP contribution is -2.63. The van der Waals surface area contributed by atoms with Crippen LogP contribution < -0.4 is 14.2 Å². The minimum atomic E-state index is -1.25. The normalized spacial score (nSPS) is 20.2. The molecule has 10 nitrogen and oxygen atoms in total. The minimum absolute atomic E-state index is 0.150. The molecule has 2 saturated heterocycles. The lowest BCUT2D eigenvalue weighted by Gasteiger charge is -2.48. The quantitative estimate of drug-likeness (QED) is 0.0775. The van der Waals surface area contributed by atoms with Gasteiger partial charge in [0.15, 0.2) is 17.8 Å². The molecule has 0 aromatic heterocycles. The van der Waals surface area contributed by atoms with E-state index in [1.807, 2.05) is 182 Å². The Morgan fingerprint density at radius 2 is 0.892 bits per heavy atom. The minimum Gasteiger partial charge on any atom is -0.485 e. The molecule has 2 aliphatic rings. The Bertz CT molecular complexity index is 2460. The molecular weight excluding hydrogens is 821 g/mol. The lowest BCUT2D eigenvalue weighted by molar-refractivity contribution is -0.364. The van der Waals surface area contributed by atoms with Crippen LogP contribution in [0.25, 0.3) is 0 Å². The van der Waals surface area contributed by atoms with E-state index in [4.69, 9.17) is 42.6 Å². The molecule has 2 fully saturated rings. The van der Waals surface area contributed by atoms with Crippen LogP contribution in [0.1, 0.15) is 50.0 Å². The van der Waals surface area contributed by atoms with Gasteiger partial charge in [-0.1, -0.05) is 182 Å². The maximum atomic E-state index is 14.7. The van der Waals surface area contributed by atoms with Crippen molar-refractivity contribution in [3.05, 3.63) is 233 Å². The van der Waals surface area contributed by atoms with Crippen molar-refractivity contribution in [2.75, 3.05) is 6.61 Å². The van der Waals surface area contributed by atoms with Crippen molar-refractivity contribution in [2.45, 2.75) is 70.0 Å². The summed E-state index contributed by atoms with van der Waals surface area (Å²) in [6.45, 7) is 1.22. The van der Waals surface area contributed by atoms with Crippen LogP contribution >= 0.6 is 0 Å². The number of rotatable bonds is 18. The summed E-state index contributed by atoms with van der Waals surface area (Å²) in [5, 5.41) is 0. The van der Waals surface area contributed by atoms with Crippen LogP contribution in [-0.4, -0.2) is 43.3 Å². The van der Waals surface area contributed by atoms with Crippen LogP contribution in [-0.2, 0) is 61.5 Å². The molecule has 7 aromatic rings. The molecule has 2 heterocycles. The second-order valence-corrected chi connectivity index (χ2v) is 15.8. The van der Waals surface area contributed by atoms with Crippen LogP contribution in [0.3, 0.4) is 0 Å². The van der Waals surface area contributed by atoms with Crippen LogP contribution in [0.15, 0.2) is 194 Å². The van der Waals surface area contributed by atoms with E-state index in [0.29, 0.717) is 17.2 Å². The third kappa shape index (κ3) is 11.5. The highest BCUT2D eigenvalue weighted by molar-refractivity contribution is 5.91. The second kappa shape index (κ2) is 21.7. The highest BCUT2D eigenvalue weighted by atomic mass is 16.8. The van der Waals surface area contributed by atoms with Gasteiger partial charge in [0.05, 0.1) is 25.4 Å². The first-order valence-corrected chi connectivity index (χ1v) is 21.8. The van der Waals surface area contributed by atoms with E-state index < -0.39 is 43.0 Å². The largest absolute Gasteiger partial charge is 0.485 e. The molecule has 6 atom stereocenters. The Hall–Kier alpha value is -6.79. The van der Waals surface area contributed by atoms with E-state index in [1.165, 1.54) is 0 Å². The molecule has 0 spiro atoms. The van der Waals surface area contributed by atoms with Crippen molar-refractivity contribution in [3.8, 4) is 17.2 Å². The highest BCUT2D eigenvalue weighted by Crippen LogP contribution is 2.42. The van der Waals surface area contributed by atoms with Gasteiger partial charge in [-0.05, 0) is 39.9 Å².